The number of ketones is 1. The van der Waals surface area contributed by atoms with Gasteiger partial charge < -0.3 is 48.8 Å². The number of rotatable bonds is 15. The van der Waals surface area contributed by atoms with Gasteiger partial charge in [0.1, 0.15) is 18.3 Å². The summed E-state index contributed by atoms with van der Waals surface area (Å²) < 4.78 is 30.2. The normalized spacial score (nSPS) is 29.7. The third kappa shape index (κ3) is 4.15. The second-order valence-electron chi connectivity index (χ2n) is 7.28. The smallest absolute Gasteiger partial charge is 0.368 e. The molecule has 0 aromatic heterocycles. The quantitative estimate of drug-likeness (QED) is 0.113. The van der Waals surface area contributed by atoms with E-state index in [2.05, 4.69) is 0 Å². The van der Waals surface area contributed by atoms with E-state index >= 15 is 0 Å². The zero-order valence-corrected chi connectivity index (χ0v) is 16.3. The van der Waals surface area contributed by atoms with E-state index in [0.29, 0.717) is 6.92 Å². The van der Waals surface area contributed by atoms with Crippen molar-refractivity contribution in [2.24, 2.45) is 0 Å². The van der Waals surface area contributed by atoms with Crippen molar-refractivity contribution in [2.45, 2.75) is 42.2 Å². The predicted molar refractivity (Wildman–Crippen MR) is 91.1 cm³/mol. The summed E-state index contributed by atoms with van der Waals surface area (Å²) in [5.74, 6) is -12.0. The number of ether oxygens (including phenoxy) is 6. The molecular formula is C17H22O14. The molecule has 0 aromatic rings. The van der Waals surface area contributed by atoms with Gasteiger partial charge in [-0.25, -0.2) is 14.4 Å². The molecule has 0 aliphatic carbocycles. The summed E-state index contributed by atoms with van der Waals surface area (Å²) in [6.45, 7) is -0.697. The maximum Gasteiger partial charge on any atom is 0.368 e. The van der Waals surface area contributed by atoms with Crippen LogP contribution < -0.4 is 0 Å². The fraction of sp³-hybridized carbons (Fsp3) is 0.765. The molecule has 0 saturated carbocycles. The molecular weight excluding hydrogens is 428 g/mol. The molecule has 14 heteroatoms. The highest BCUT2D eigenvalue weighted by Crippen LogP contribution is 2.43. The minimum atomic E-state index is -4.08. The molecule has 4 N–H and O–H groups in total. The average Bonchev–Trinajstić information content (AvgIpc) is 3.54. The van der Waals surface area contributed by atoms with E-state index in [1.807, 2.05) is 0 Å². The molecule has 31 heavy (non-hydrogen) atoms. The highest BCUT2D eigenvalue weighted by molar-refractivity contribution is 6.13. The Morgan fingerprint density at radius 3 is 1.42 bits per heavy atom. The number of Topliss-reactive ketones (excluding diaryl/α,β-unsaturated/α-hetero) is 1. The molecule has 3 saturated heterocycles. The largest absolute Gasteiger partial charge is 0.479 e. The Bertz CT molecular complexity index is 722. The summed E-state index contributed by atoms with van der Waals surface area (Å²) in [7, 11) is 0. The van der Waals surface area contributed by atoms with Crippen LogP contribution in [0.4, 0.5) is 0 Å². The van der Waals surface area contributed by atoms with Crippen LogP contribution >= 0.6 is 0 Å². The monoisotopic (exact) mass is 450 g/mol. The summed E-state index contributed by atoms with van der Waals surface area (Å²) >= 11 is 0. The Balaban J connectivity index is 2.14. The van der Waals surface area contributed by atoms with Crippen molar-refractivity contribution in [3.63, 3.8) is 0 Å². The molecule has 3 heterocycles. The van der Waals surface area contributed by atoms with E-state index in [1.54, 1.807) is 0 Å². The summed E-state index contributed by atoms with van der Waals surface area (Å²) in [6.07, 6.45) is -1.96. The van der Waals surface area contributed by atoms with E-state index in [1.165, 1.54) is 0 Å². The first-order chi connectivity index (χ1) is 14.5. The molecule has 0 spiro atoms. The molecule has 0 aromatic carbocycles. The number of carboxylic acids is 3. The van der Waals surface area contributed by atoms with Crippen LogP contribution in [0.5, 0.6) is 0 Å². The Kier molecular flexibility index (Phi) is 6.35. The van der Waals surface area contributed by atoms with Gasteiger partial charge in [-0.3, -0.25) is 4.79 Å². The molecule has 5 unspecified atom stereocenters. The van der Waals surface area contributed by atoms with Crippen LogP contribution in [0.25, 0.3) is 0 Å². The van der Waals surface area contributed by atoms with Crippen LogP contribution in [0.15, 0.2) is 0 Å². The van der Waals surface area contributed by atoms with Gasteiger partial charge in [-0.2, -0.15) is 0 Å². The second-order valence-corrected chi connectivity index (χ2v) is 7.28. The summed E-state index contributed by atoms with van der Waals surface area (Å²) in [5.41, 5.74) is -7.71. The summed E-state index contributed by atoms with van der Waals surface area (Å²) in [5, 5.41) is 41.1. The van der Waals surface area contributed by atoms with Gasteiger partial charge >= 0.3 is 23.7 Å². The lowest BCUT2D eigenvalue weighted by Crippen LogP contribution is -2.81. The lowest BCUT2D eigenvalue weighted by atomic mass is 9.73. The van der Waals surface area contributed by atoms with E-state index in [4.69, 9.17) is 28.4 Å². The van der Waals surface area contributed by atoms with Crippen LogP contribution in [-0.4, -0.2) is 119 Å². The van der Waals surface area contributed by atoms with Gasteiger partial charge in [-0.1, -0.05) is 0 Å². The van der Waals surface area contributed by atoms with Crippen molar-refractivity contribution in [1.29, 1.82) is 0 Å². The number of hydrogen-bond acceptors (Lipinski definition) is 11. The Hall–Kier alpha value is -2.20. The van der Waals surface area contributed by atoms with Crippen molar-refractivity contribution in [3.8, 4) is 0 Å². The molecule has 3 rings (SSSR count). The van der Waals surface area contributed by atoms with Crippen molar-refractivity contribution in [3.05, 3.63) is 0 Å². The van der Waals surface area contributed by atoms with Crippen molar-refractivity contribution >= 4 is 23.7 Å². The Morgan fingerprint density at radius 2 is 1.16 bits per heavy atom. The van der Waals surface area contributed by atoms with Gasteiger partial charge in [-0.05, 0) is 6.92 Å². The molecule has 14 nitrogen and oxygen atoms in total. The van der Waals surface area contributed by atoms with Gasteiger partial charge in [0, 0.05) is 0 Å². The molecule has 3 fully saturated rings. The lowest BCUT2D eigenvalue weighted by molar-refractivity contribution is -0.337. The fourth-order valence-corrected chi connectivity index (χ4v) is 3.01. The Labute approximate surface area is 174 Å². The third-order valence-electron chi connectivity index (χ3n) is 5.01. The number of carbonyl (C=O) groups is 4. The van der Waals surface area contributed by atoms with Crippen LogP contribution in [0.1, 0.15) is 6.92 Å². The van der Waals surface area contributed by atoms with E-state index < -0.39 is 78.8 Å². The number of aliphatic carboxylic acids is 3. The minimum Gasteiger partial charge on any atom is -0.479 e. The number of hydrogen-bond donors (Lipinski definition) is 4. The average molecular weight is 450 g/mol. The Morgan fingerprint density at radius 1 is 0.774 bits per heavy atom. The molecule has 3 aliphatic rings. The van der Waals surface area contributed by atoms with Crippen LogP contribution in [-0.2, 0) is 47.6 Å². The van der Waals surface area contributed by atoms with E-state index in [0.717, 1.165) is 0 Å². The van der Waals surface area contributed by atoms with E-state index in [-0.39, 0.29) is 19.8 Å². The number of carbonyl (C=O) groups excluding carboxylic acids is 1. The number of carboxylic acid groups (broad SMARTS) is 3. The molecule has 5 atom stereocenters. The highest BCUT2D eigenvalue weighted by Gasteiger charge is 2.80. The summed E-state index contributed by atoms with van der Waals surface area (Å²) in [4.78, 5) is 49.5. The molecule has 0 radical (unpaired) electrons. The number of aliphatic hydroxyl groups is 1. The first-order valence-electron chi connectivity index (χ1n) is 9.21. The van der Waals surface area contributed by atoms with Crippen molar-refractivity contribution < 1.29 is 68.0 Å². The molecule has 174 valence electrons. The first kappa shape index (κ1) is 23.5. The predicted octanol–water partition coefficient (Wildman–Crippen LogP) is -2.76. The molecule has 3 aliphatic heterocycles. The fourth-order valence-electron chi connectivity index (χ4n) is 3.01. The maximum atomic E-state index is 12.5. The molecule has 0 bridgehead atoms. The van der Waals surface area contributed by atoms with Crippen molar-refractivity contribution in [1.82, 2.24) is 0 Å². The third-order valence-corrected chi connectivity index (χ3v) is 5.01. The van der Waals surface area contributed by atoms with Gasteiger partial charge in [0.15, 0.2) is 5.78 Å². The first-order valence-corrected chi connectivity index (χ1v) is 9.21. The van der Waals surface area contributed by atoms with Gasteiger partial charge in [0.2, 0.25) is 0 Å². The minimum absolute atomic E-state index is 0.133. The zero-order valence-electron chi connectivity index (χ0n) is 16.3. The standard InChI is InChI=1S/C17H22O14/c1-8(18)15(12(19)20,29-5-9-2-26-9)16(25,13(21)22)17(14(23)24,30-6-10-3-27-10)31-7-11-4-28-11/h9-11,25H,2-7H2,1H3,(H,19,20)(H,21,22)(H,23,24). The van der Waals surface area contributed by atoms with E-state index in [9.17, 15) is 39.6 Å². The summed E-state index contributed by atoms with van der Waals surface area (Å²) in [6, 6.07) is 0. The lowest BCUT2D eigenvalue weighted by Gasteiger charge is -2.47. The maximum absolute atomic E-state index is 12.5. The van der Waals surface area contributed by atoms with Crippen LogP contribution in [0.2, 0.25) is 0 Å². The van der Waals surface area contributed by atoms with Gasteiger partial charge in [0.05, 0.1) is 39.6 Å². The molecule has 0 amide bonds. The second kappa shape index (κ2) is 8.38. The zero-order chi connectivity index (χ0) is 23.0. The highest BCUT2D eigenvalue weighted by atomic mass is 16.8. The van der Waals surface area contributed by atoms with Crippen LogP contribution in [0.3, 0.4) is 0 Å². The van der Waals surface area contributed by atoms with Crippen LogP contribution in [0, 0.1) is 0 Å². The van der Waals surface area contributed by atoms with Gasteiger partial charge in [-0.15, -0.1) is 0 Å². The topological polar surface area (TPSA) is 214 Å². The van der Waals surface area contributed by atoms with Gasteiger partial charge in [0.25, 0.3) is 11.2 Å². The van der Waals surface area contributed by atoms with Crippen molar-refractivity contribution in [2.75, 3.05) is 39.6 Å². The SMILES string of the molecule is CC(=O)C(OCC1CO1)(C(=O)O)C(O)(C(=O)O)C(OCC1CO1)(OCC1CO1)C(=O)O. The number of epoxide rings is 3.